The van der Waals surface area contributed by atoms with Crippen LogP contribution >= 0.6 is 0 Å². The molecule has 2 aliphatic heterocycles. The van der Waals surface area contributed by atoms with E-state index in [9.17, 15) is 4.79 Å². The third-order valence-corrected chi connectivity index (χ3v) is 3.96. The number of carbonyl (C=O) groups is 1. The summed E-state index contributed by atoms with van der Waals surface area (Å²) < 4.78 is 0. The van der Waals surface area contributed by atoms with Gasteiger partial charge in [0.15, 0.2) is 0 Å². The first-order chi connectivity index (χ1) is 8.59. The largest absolute Gasteiger partial charge is 0.386 e. The Labute approximate surface area is 108 Å². The van der Waals surface area contributed by atoms with Gasteiger partial charge in [-0.15, -0.1) is 0 Å². The minimum Gasteiger partial charge on any atom is -0.386 e. The number of piperazine rings is 1. The number of carbonyl (C=O) groups excluding carboxylic acids is 1. The summed E-state index contributed by atoms with van der Waals surface area (Å²) in [5.41, 5.74) is 5.51. The number of rotatable bonds is 2. The van der Waals surface area contributed by atoms with Gasteiger partial charge in [0, 0.05) is 39.3 Å². The van der Waals surface area contributed by atoms with Crippen LogP contribution in [0.25, 0.3) is 0 Å². The molecule has 0 aromatic carbocycles. The van der Waals surface area contributed by atoms with E-state index in [1.165, 1.54) is 0 Å². The highest BCUT2D eigenvalue weighted by Gasteiger charge is 2.28. The van der Waals surface area contributed by atoms with Crippen LogP contribution in [-0.2, 0) is 0 Å². The lowest BCUT2D eigenvalue weighted by molar-refractivity contribution is 0.112. The lowest BCUT2D eigenvalue weighted by Gasteiger charge is -2.38. The Hall–Kier alpha value is -1.30. The van der Waals surface area contributed by atoms with Crippen molar-refractivity contribution < 1.29 is 4.79 Å². The molecule has 1 unspecified atom stereocenters. The van der Waals surface area contributed by atoms with Crippen LogP contribution in [0.5, 0.6) is 0 Å². The number of amides is 2. The van der Waals surface area contributed by atoms with Gasteiger partial charge in [-0.2, -0.15) is 0 Å². The molecular weight excluding hydrogens is 230 g/mol. The Balaban J connectivity index is 1.82. The normalized spacial score (nSPS) is 23.2. The van der Waals surface area contributed by atoms with Crippen molar-refractivity contribution in [3.8, 4) is 0 Å². The second-order valence-electron chi connectivity index (χ2n) is 5.13. The number of hydrogen-bond donors (Lipinski definition) is 2. The molecule has 102 valence electrons. The zero-order valence-corrected chi connectivity index (χ0v) is 11.1. The summed E-state index contributed by atoms with van der Waals surface area (Å²) in [4.78, 5) is 18.2. The molecule has 6 heteroatoms. The number of nitrogens with two attached hydrogens (primary N) is 1. The van der Waals surface area contributed by atoms with Crippen molar-refractivity contribution in [1.82, 2.24) is 14.7 Å². The van der Waals surface area contributed by atoms with Crippen LogP contribution in [0.2, 0.25) is 0 Å². The molecule has 1 atom stereocenters. The van der Waals surface area contributed by atoms with Crippen LogP contribution in [0.1, 0.15) is 19.8 Å². The molecule has 18 heavy (non-hydrogen) atoms. The van der Waals surface area contributed by atoms with Crippen LogP contribution in [0.15, 0.2) is 0 Å². The summed E-state index contributed by atoms with van der Waals surface area (Å²) in [5, 5.41) is 7.45. The van der Waals surface area contributed by atoms with Crippen LogP contribution < -0.4 is 5.73 Å². The molecule has 3 N–H and O–H groups in total. The molecule has 2 fully saturated rings. The zero-order chi connectivity index (χ0) is 13.1. The molecule has 0 bridgehead atoms. The van der Waals surface area contributed by atoms with Gasteiger partial charge in [0.1, 0.15) is 5.84 Å². The summed E-state index contributed by atoms with van der Waals surface area (Å²) in [5.74, 6) is 0.203. The fourth-order valence-electron chi connectivity index (χ4n) is 2.61. The predicted molar refractivity (Wildman–Crippen MR) is 70.7 cm³/mol. The van der Waals surface area contributed by atoms with Gasteiger partial charge in [-0.3, -0.25) is 10.3 Å². The van der Waals surface area contributed by atoms with Crippen molar-refractivity contribution >= 4 is 11.9 Å². The highest BCUT2D eigenvalue weighted by Crippen LogP contribution is 2.13. The molecule has 0 radical (unpaired) electrons. The van der Waals surface area contributed by atoms with Crippen LogP contribution in [0.3, 0.4) is 0 Å². The maximum atomic E-state index is 12.2. The lowest BCUT2D eigenvalue weighted by atomic mass is 10.2. The zero-order valence-electron chi connectivity index (χ0n) is 11.1. The van der Waals surface area contributed by atoms with Crippen molar-refractivity contribution in [2.24, 2.45) is 5.73 Å². The first-order valence-corrected chi connectivity index (χ1v) is 6.71. The molecule has 2 saturated heterocycles. The maximum absolute atomic E-state index is 12.2. The van der Waals surface area contributed by atoms with Crippen molar-refractivity contribution in [1.29, 1.82) is 5.41 Å². The minimum atomic E-state index is -0.0194. The van der Waals surface area contributed by atoms with E-state index in [4.69, 9.17) is 11.1 Å². The molecule has 0 aromatic heterocycles. The van der Waals surface area contributed by atoms with Gasteiger partial charge < -0.3 is 15.5 Å². The van der Waals surface area contributed by atoms with Crippen LogP contribution in [0.4, 0.5) is 4.79 Å². The number of hydrogen-bond acceptors (Lipinski definition) is 3. The van der Waals surface area contributed by atoms with E-state index in [1.54, 1.807) is 0 Å². The van der Waals surface area contributed by atoms with Crippen LogP contribution in [-0.4, -0.2) is 71.9 Å². The quantitative estimate of drug-likeness (QED) is 0.543. The molecule has 0 aliphatic carbocycles. The number of nitrogens with one attached hydrogen (secondary N) is 1. The van der Waals surface area contributed by atoms with Gasteiger partial charge in [-0.1, -0.05) is 0 Å². The van der Waals surface area contributed by atoms with E-state index in [-0.39, 0.29) is 17.9 Å². The highest BCUT2D eigenvalue weighted by atomic mass is 16.2. The van der Waals surface area contributed by atoms with E-state index in [1.807, 2.05) is 16.7 Å². The summed E-state index contributed by atoms with van der Waals surface area (Å²) in [6.07, 6.45) is 2.26. The average Bonchev–Trinajstić information content (AvgIpc) is 2.91. The summed E-state index contributed by atoms with van der Waals surface area (Å²) >= 11 is 0. The van der Waals surface area contributed by atoms with Gasteiger partial charge in [0.25, 0.3) is 0 Å². The molecule has 0 saturated carbocycles. The molecule has 2 amide bonds. The Kier molecular flexibility index (Phi) is 4.06. The second kappa shape index (κ2) is 5.56. The van der Waals surface area contributed by atoms with Gasteiger partial charge in [-0.05, 0) is 19.8 Å². The van der Waals surface area contributed by atoms with Crippen molar-refractivity contribution in [3.63, 3.8) is 0 Å². The monoisotopic (exact) mass is 253 g/mol. The topological polar surface area (TPSA) is 76.7 Å². The SMILES string of the molecule is CC(C(=N)N)N1CCN(C(=O)N2CCCC2)CC1. The maximum Gasteiger partial charge on any atom is 0.320 e. The Morgan fingerprint density at radius 1 is 1.06 bits per heavy atom. The van der Waals surface area contributed by atoms with Gasteiger partial charge in [-0.25, -0.2) is 4.79 Å². The van der Waals surface area contributed by atoms with E-state index < -0.39 is 0 Å². The molecule has 6 nitrogen and oxygen atoms in total. The fourth-order valence-corrected chi connectivity index (χ4v) is 2.61. The average molecular weight is 253 g/mol. The first kappa shape index (κ1) is 13.1. The fraction of sp³-hybridized carbons (Fsp3) is 0.833. The molecule has 2 heterocycles. The molecular formula is C12H23N5O. The van der Waals surface area contributed by atoms with E-state index >= 15 is 0 Å². The Bertz CT molecular complexity index is 318. The Morgan fingerprint density at radius 3 is 2.06 bits per heavy atom. The highest BCUT2D eigenvalue weighted by molar-refractivity contribution is 5.82. The number of likely N-dealkylation sites (tertiary alicyclic amines) is 1. The van der Waals surface area contributed by atoms with Crippen molar-refractivity contribution in [2.45, 2.75) is 25.8 Å². The van der Waals surface area contributed by atoms with Gasteiger partial charge in [0.05, 0.1) is 6.04 Å². The summed E-state index contributed by atoms with van der Waals surface area (Å²) in [6.45, 7) is 6.85. The molecule has 0 aromatic rings. The third kappa shape index (κ3) is 2.75. The summed E-state index contributed by atoms with van der Waals surface area (Å²) in [6, 6.07) is 0.164. The van der Waals surface area contributed by atoms with Gasteiger partial charge >= 0.3 is 6.03 Å². The summed E-state index contributed by atoms with van der Waals surface area (Å²) in [7, 11) is 0. The molecule has 2 rings (SSSR count). The van der Waals surface area contributed by atoms with E-state index in [2.05, 4.69) is 4.90 Å². The Morgan fingerprint density at radius 2 is 1.56 bits per heavy atom. The lowest BCUT2D eigenvalue weighted by Crippen LogP contribution is -2.56. The first-order valence-electron chi connectivity index (χ1n) is 6.71. The molecule has 0 spiro atoms. The standard InChI is InChI=1S/C12H23N5O/c1-10(11(13)14)15-6-8-17(9-7-15)12(18)16-4-2-3-5-16/h10H,2-9H2,1H3,(H3,13,14). The van der Waals surface area contributed by atoms with Crippen molar-refractivity contribution in [2.75, 3.05) is 39.3 Å². The van der Waals surface area contributed by atoms with Gasteiger partial charge in [0.2, 0.25) is 0 Å². The smallest absolute Gasteiger partial charge is 0.320 e. The van der Waals surface area contributed by atoms with Crippen LogP contribution in [0, 0.1) is 5.41 Å². The molecule has 2 aliphatic rings. The number of amidine groups is 1. The minimum absolute atomic E-state index is 0.0194. The van der Waals surface area contributed by atoms with Crippen molar-refractivity contribution in [3.05, 3.63) is 0 Å². The number of nitrogens with zero attached hydrogens (tertiary/aromatic N) is 3. The predicted octanol–water partition coefficient (Wildman–Crippen LogP) is 0.144. The van der Waals surface area contributed by atoms with E-state index in [0.717, 1.165) is 52.1 Å². The number of urea groups is 1. The third-order valence-electron chi connectivity index (χ3n) is 3.96. The van der Waals surface area contributed by atoms with E-state index in [0.29, 0.717) is 0 Å². The second-order valence-corrected chi connectivity index (χ2v) is 5.13.